The Morgan fingerprint density at radius 3 is 2.35 bits per heavy atom. The van der Waals surface area contributed by atoms with Crippen LogP contribution in [0.3, 0.4) is 0 Å². The maximum Gasteiger partial charge on any atom is 0.324 e. The molecule has 0 saturated carbocycles. The summed E-state index contributed by atoms with van der Waals surface area (Å²) in [5, 5.41) is 0. The van der Waals surface area contributed by atoms with E-state index in [0.29, 0.717) is 10.8 Å². The predicted molar refractivity (Wildman–Crippen MR) is 67.1 cm³/mol. The average molecular weight is 303 g/mol. The second-order valence-electron chi connectivity index (χ2n) is 3.79. The highest BCUT2D eigenvalue weighted by atomic mass is 79.9. The molecule has 0 N–H and O–H groups in total. The number of ether oxygens (including phenoxy) is 2. The van der Waals surface area contributed by atoms with E-state index in [0.717, 1.165) is 19.5 Å². The molecule has 1 aromatic heterocycles. The van der Waals surface area contributed by atoms with Gasteiger partial charge in [-0.05, 0) is 12.8 Å². The zero-order valence-corrected chi connectivity index (χ0v) is 11.5. The van der Waals surface area contributed by atoms with E-state index in [2.05, 4.69) is 35.8 Å². The quantitative estimate of drug-likeness (QED) is 0.783. The normalized spacial score (nSPS) is 20.2. The summed E-state index contributed by atoms with van der Waals surface area (Å²) < 4.78 is 10.1. The topological polar surface area (TPSA) is 60.4 Å². The SMILES string of the molecule is COc1nc(OC)nc(N2CCCC(Br)C2)n1. The summed E-state index contributed by atoms with van der Waals surface area (Å²) >= 11 is 3.62. The van der Waals surface area contributed by atoms with E-state index >= 15 is 0 Å². The molecule has 1 aromatic rings. The first-order chi connectivity index (χ1) is 8.22. The first-order valence-corrected chi connectivity index (χ1v) is 6.37. The van der Waals surface area contributed by atoms with Crippen molar-refractivity contribution in [1.29, 1.82) is 0 Å². The van der Waals surface area contributed by atoms with E-state index in [9.17, 15) is 0 Å². The number of anilines is 1. The maximum atomic E-state index is 5.03. The summed E-state index contributed by atoms with van der Waals surface area (Å²) in [6.07, 6.45) is 2.29. The lowest BCUT2D eigenvalue weighted by molar-refractivity contribution is 0.339. The Morgan fingerprint density at radius 1 is 1.18 bits per heavy atom. The maximum absolute atomic E-state index is 5.03. The highest BCUT2D eigenvalue weighted by Crippen LogP contribution is 2.22. The fourth-order valence-corrected chi connectivity index (χ4v) is 2.43. The number of alkyl halides is 1. The van der Waals surface area contributed by atoms with Gasteiger partial charge in [-0.25, -0.2) is 0 Å². The number of hydrogen-bond acceptors (Lipinski definition) is 6. The van der Waals surface area contributed by atoms with Crippen LogP contribution in [0.1, 0.15) is 12.8 Å². The lowest BCUT2D eigenvalue weighted by Gasteiger charge is -2.29. The van der Waals surface area contributed by atoms with Gasteiger partial charge in [0.15, 0.2) is 0 Å². The third-order valence-electron chi connectivity index (χ3n) is 2.59. The minimum atomic E-state index is 0.281. The summed E-state index contributed by atoms with van der Waals surface area (Å²) in [7, 11) is 3.06. The molecule has 0 aromatic carbocycles. The molecule has 2 heterocycles. The smallest absolute Gasteiger partial charge is 0.324 e. The van der Waals surface area contributed by atoms with Gasteiger partial charge in [0, 0.05) is 17.9 Å². The van der Waals surface area contributed by atoms with E-state index < -0.39 is 0 Å². The number of piperidine rings is 1. The number of rotatable bonds is 3. The molecule has 0 radical (unpaired) electrons. The van der Waals surface area contributed by atoms with Crippen LogP contribution in [0.25, 0.3) is 0 Å². The van der Waals surface area contributed by atoms with Crippen LogP contribution in [-0.4, -0.2) is 47.1 Å². The lowest BCUT2D eigenvalue weighted by Crippen LogP contribution is -2.37. The third kappa shape index (κ3) is 2.96. The molecule has 1 aliphatic rings. The largest absolute Gasteiger partial charge is 0.467 e. The van der Waals surface area contributed by atoms with Crippen molar-refractivity contribution in [3.05, 3.63) is 0 Å². The van der Waals surface area contributed by atoms with Gasteiger partial charge in [0.25, 0.3) is 0 Å². The highest BCUT2D eigenvalue weighted by molar-refractivity contribution is 9.09. The van der Waals surface area contributed by atoms with Crippen LogP contribution in [0.2, 0.25) is 0 Å². The molecular weight excluding hydrogens is 288 g/mol. The van der Waals surface area contributed by atoms with Crippen molar-refractivity contribution in [3.63, 3.8) is 0 Å². The molecule has 1 unspecified atom stereocenters. The first kappa shape index (κ1) is 12.3. The van der Waals surface area contributed by atoms with Gasteiger partial charge >= 0.3 is 12.0 Å². The van der Waals surface area contributed by atoms with Gasteiger partial charge in [0.05, 0.1) is 14.2 Å². The van der Waals surface area contributed by atoms with Crippen molar-refractivity contribution in [3.8, 4) is 12.0 Å². The summed E-state index contributed by atoms with van der Waals surface area (Å²) in [6, 6.07) is 0.562. The Labute approximate surface area is 108 Å². The second kappa shape index (κ2) is 5.48. The number of methoxy groups -OCH3 is 2. The Bertz CT molecular complexity index is 368. The van der Waals surface area contributed by atoms with Gasteiger partial charge in [-0.3, -0.25) is 0 Å². The molecule has 0 spiro atoms. The Kier molecular flexibility index (Phi) is 3.98. The molecule has 1 saturated heterocycles. The van der Waals surface area contributed by atoms with E-state index in [1.54, 1.807) is 0 Å². The van der Waals surface area contributed by atoms with Gasteiger partial charge in [-0.2, -0.15) is 9.97 Å². The fraction of sp³-hybridized carbons (Fsp3) is 0.700. The summed E-state index contributed by atoms with van der Waals surface area (Å²) in [5.74, 6) is 0.609. The van der Waals surface area contributed by atoms with Gasteiger partial charge in [0.2, 0.25) is 5.95 Å². The molecule has 17 heavy (non-hydrogen) atoms. The van der Waals surface area contributed by atoms with Crippen LogP contribution < -0.4 is 14.4 Å². The van der Waals surface area contributed by atoms with Gasteiger partial charge in [-0.1, -0.05) is 15.9 Å². The highest BCUT2D eigenvalue weighted by Gasteiger charge is 2.21. The van der Waals surface area contributed by atoms with Gasteiger partial charge in [0.1, 0.15) is 0 Å². The van der Waals surface area contributed by atoms with Crippen molar-refractivity contribution >= 4 is 21.9 Å². The van der Waals surface area contributed by atoms with E-state index in [-0.39, 0.29) is 12.0 Å². The first-order valence-electron chi connectivity index (χ1n) is 5.46. The molecule has 1 aliphatic heterocycles. The fourth-order valence-electron chi connectivity index (χ4n) is 1.76. The Morgan fingerprint density at radius 2 is 1.82 bits per heavy atom. The van der Waals surface area contributed by atoms with Crippen LogP contribution >= 0.6 is 15.9 Å². The van der Waals surface area contributed by atoms with Gasteiger partial charge < -0.3 is 14.4 Å². The molecular formula is C10H15BrN4O2. The van der Waals surface area contributed by atoms with Crippen molar-refractivity contribution in [2.45, 2.75) is 17.7 Å². The van der Waals surface area contributed by atoms with Crippen LogP contribution in [0.5, 0.6) is 12.0 Å². The summed E-state index contributed by atoms with van der Waals surface area (Å²) in [5.41, 5.74) is 0. The molecule has 94 valence electrons. The molecule has 0 bridgehead atoms. The summed E-state index contributed by atoms with van der Waals surface area (Å²) in [6.45, 7) is 1.83. The van der Waals surface area contributed by atoms with Crippen LogP contribution in [0, 0.1) is 0 Å². The van der Waals surface area contributed by atoms with Gasteiger partial charge in [-0.15, -0.1) is 4.98 Å². The average Bonchev–Trinajstić information content (AvgIpc) is 2.38. The van der Waals surface area contributed by atoms with Crippen LogP contribution in [-0.2, 0) is 0 Å². The predicted octanol–water partition coefficient (Wildman–Crippen LogP) is 1.25. The Balaban J connectivity index is 2.23. The summed E-state index contributed by atoms with van der Waals surface area (Å²) in [4.78, 5) is 15.0. The Hall–Kier alpha value is -1.11. The molecule has 1 fully saturated rings. The van der Waals surface area contributed by atoms with Crippen molar-refractivity contribution in [2.75, 3.05) is 32.2 Å². The number of nitrogens with zero attached hydrogens (tertiary/aromatic N) is 4. The zero-order chi connectivity index (χ0) is 12.3. The van der Waals surface area contributed by atoms with Crippen molar-refractivity contribution in [2.24, 2.45) is 0 Å². The molecule has 7 heteroatoms. The number of hydrogen-bond donors (Lipinski definition) is 0. The molecule has 2 rings (SSSR count). The van der Waals surface area contributed by atoms with E-state index in [4.69, 9.17) is 9.47 Å². The minimum Gasteiger partial charge on any atom is -0.467 e. The molecule has 0 amide bonds. The number of aromatic nitrogens is 3. The third-order valence-corrected chi connectivity index (χ3v) is 3.34. The standard InChI is InChI=1S/C10H15BrN4O2/c1-16-9-12-8(13-10(14-9)17-2)15-5-3-4-7(11)6-15/h7H,3-6H2,1-2H3. The monoisotopic (exact) mass is 302 g/mol. The van der Waals surface area contributed by atoms with Crippen molar-refractivity contribution < 1.29 is 9.47 Å². The lowest BCUT2D eigenvalue weighted by atomic mass is 10.1. The van der Waals surface area contributed by atoms with Crippen LogP contribution in [0.4, 0.5) is 5.95 Å². The van der Waals surface area contributed by atoms with Crippen molar-refractivity contribution in [1.82, 2.24) is 15.0 Å². The van der Waals surface area contributed by atoms with E-state index in [1.165, 1.54) is 20.6 Å². The molecule has 1 atom stereocenters. The number of halogens is 1. The minimum absolute atomic E-state index is 0.281. The van der Waals surface area contributed by atoms with Crippen LogP contribution in [0.15, 0.2) is 0 Å². The zero-order valence-electron chi connectivity index (χ0n) is 9.89. The molecule has 0 aliphatic carbocycles. The van der Waals surface area contributed by atoms with E-state index in [1.807, 2.05) is 0 Å². The second-order valence-corrected chi connectivity index (χ2v) is 5.09. The molecule has 6 nitrogen and oxygen atoms in total.